The summed E-state index contributed by atoms with van der Waals surface area (Å²) in [7, 11) is 1.85. The van der Waals surface area contributed by atoms with Gasteiger partial charge >= 0.3 is 0 Å². The van der Waals surface area contributed by atoms with Crippen molar-refractivity contribution in [3.05, 3.63) is 42.1 Å². The number of carbonyl (C=O) groups is 1. The zero-order chi connectivity index (χ0) is 14.8. The fourth-order valence-corrected chi connectivity index (χ4v) is 2.60. The van der Waals surface area contributed by atoms with Crippen molar-refractivity contribution in [3.8, 4) is 0 Å². The number of amides is 1. The molecule has 0 aliphatic carbocycles. The van der Waals surface area contributed by atoms with E-state index in [2.05, 4.69) is 20.7 Å². The van der Waals surface area contributed by atoms with Gasteiger partial charge in [0.25, 0.3) is 0 Å². The largest absolute Gasteiger partial charge is 0.315 e. The number of aryl methyl sites for hydroxylation is 1. The van der Waals surface area contributed by atoms with Gasteiger partial charge in [-0.3, -0.25) is 9.48 Å². The van der Waals surface area contributed by atoms with Crippen LogP contribution in [0.5, 0.6) is 0 Å². The van der Waals surface area contributed by atoms with Gasteiger partial charge in [0.1, 0.15) is 11.6 Å². The Kier molecular flexibility index (Phi) is 6.93. The van der Waals surface area contributed by atoms with E-state index in [1.165, 1.54) is 12.1 Å². The third-order valence-electron chi connectivity index (χ3n) is 3.68. The van der Waals surface area contributed by atoms with Crippen molar-refractivity contribution in [1.82, 2.24) is 20.1 Å². The maximum Gasteiger partial charge on any atom is 0.230 e. The van der Waals surface area contributed by atoms with E-state index in [4.69, 9.17) is 0 Å². The molecule has 1 amide bonds. The molecule has 1 aliphatic rings. The van der Waals surface area contributed by atoms with E-state index in [0.717, 1.165) is 18.3 Å². The number of halogens is 3. The average molecular weight is 362 g/mol. The van der Waals surface area contributed by atoms with Gasteiger partial charge in [0.05, 0.1) is 18.3 Å². The van der Waals surface area contributed by atoms with Crippen LogP contribution in [0, 0.1) is 11.7 Å². The Labute approximate surface area is 145 Å². The minimum atomic E-state index is -0.427. The van der Waals surface area contributed by atoms with Crippen LogP contribution in [-0.4, -0.2) is 33.8 Å². The molecule has 0 unspecified atom stereocenters. The Balaban J connectivity index is 0.00000132. The van der Waals surface area contributed by atoms with Crippen LogP contribution in [0.3, 0.4) is 0 Å². The second-order valence-corrected chi connectivity index (χ2v) is 5.17. The van der Waals surface area contributed by atoms with Crippen molar-refractivity contribution in [1.29, 1.82) is 0 Å². The molecule has 0 spiro atoms. The number of nitrogens with zero attached hydrogens (tertiary/aromatic N) is 3. The summed E-state index contributed by atoms with van der Waals surface area (Å²) in [5.41, 5.74) is 1.04. The number of hydrogen-bond acceptors (Lipinski definition) is 4. The number of rotatable bonds is 3. The molecule has 23 heavy (non-hydrogen) atoms. The summed E-state index contributed by atoms with van der Waals surface area (Å²) in [6, 6.07) is 2.73. The van der Waals surface area contributed by atoms with E-state index >= 15 is 0 Å². The smallest absolute Gasteiger partial charge is 0.230 e. The van der Waals surface area contributed by atoms with Crippen LogP contribution in [-0.2, 0) is 11.8 Å². The van der Waals surface area contributed by atoms with Crippen molar-refractivity contribution in [2.24, 2.45) is 13.0 Å². The number of aromatic nitrogens is 3. The first kappa shape index (κ1) is 19.3. The first-order chi connectivity index (χ1) is 10.1. The number of anilines is 1. The van der Waals surface area contributed by atoms with Crippen LogP contribution in [0.2, 0.25) is 0 Å². The van der Waals surface area contributed by atoms with Gasteiger partial charge in [0.15, 0.2) is 0 Å². The highest BCUT2D eigenvalue weighted by Gasteiger charge is 2.34. The molecule has 0 saturated carbocycles. The molecule has 1 saturated heterocycles. The average Bonchev–Trinajstić information content (AvgIpc) is 3.09. The molecule has 126 valence electrons. The number of hydrogen-bond donors (Lipinski definition) is 2. The maximum absolute atomic E-state index is 12.8. The molecule has 2 atom stereocenters. The third kappa shape index (κ3) is 4.40. The predicted octanol–water partition coefficient (Wildman–Crippen LogP) is 1.74. The molecule has 0 radical (unpaired) electrons. The van der Waals surface area contributed by atoms with Crippen molar-refractivity contribution in [2.45, 2.75) is 5.92 Å². The van der Waals surface area contributed by atoms with Crippen LogP contribution >= 0.6 is 24.8 Å². The van der Waals surface area contributed by atoms with Gasteiger partial charge < -0.3 is 10.6 Å². The van der Waals surface area contributed by atoms with Gasteiger partial charge in [-0.25, -0.2) is 9.37 Å². The Bertz CT molecular complexity index is 649. The van der Waals surface area contributed by atoms with Gasteiger partial charge in [-0.05, 0) is 17.7 Å². The predicted molar refractivity (Wildman–Crippen MR) is 89.6 cm³/mol. The van der Waals surface area contributed by atoms with Crippen molar-refractivity contribution in [3.63, 3.8) is 0 Å². The van der Waals surface area contributed by atoms with Gasteiger partial charge in [-0.15, -0.1) is 24.8 Å². The van der Waals surface area contributed by atoms with Crippen LogP contribution in [0.25, 0.3) is 0 Å². The molecular weight excluding hydrogens is 344 g/mol. The van der Waals surface area contributed by atoms with E-state index < -0.39 is 5.82 Å². The van der Waals surface area contributed by atoms with Crippen LogP contribution in [0.15, 0.2) is 30.7 Å². The quantitative estimate of drug-likeness (QED) is 0.873. The molecule has 6 nitrogen and oxygen atoms in total. The Morgan fingerprint density at radius 2 is 2.13 bits per heavy atom. The second-order valence-electron chi connectivity index (χ2n) is 5.17. The second kappa shape index (κ2) is 8.24. The zero-order valence-electron chi connectivity index (χ0n) is 12.4. The molecule has 1 aliphatic heterocycles. The summed E-state index contributed by atoms with van der Waals surface area (Å²) in [4.78, 5) is 16.2. The number of pyridine rings is 1. The Morgan fingerprint density at radius 3 is 2.74 bits per heavy atom. The lowest BCUT2D eigenvalue weighted by molar-refractivity contribution is -0.119. The molecular formula is C14H18Cl2FN5O. The Hall–Kier alpha value is -1.70. The lowest BCUT2D eigenvalue weighted by atomic mass is 9.90. The first-order valence-electron chi connectivity index (χ1n) is 6.75. The van der Waals surface area contributed by atoms with Crippen LogP contribution in [0.4, 0.5) is 10.2 Å². The fraction of sp³-hybridized carbons (Fsp3) is 0.357. The minimum absolute atomic E-state index is 0. The van der Waals surface area contributed by atoms with Gasteiger partial charge in [-0.2, -0.15) is 5.10 Å². The first-order valence-corrected chi connectivity index (χ1v) is 6.75. The number of nitrogens with one attached hydrogen (secondary N) is 2. The lowest BCUT2D eigenvalue weighted by Gasteiger charge is -2.16. The van der Waals surface area contributed by atoms with E-state index in [1.54, 1.807) is 10.9 Å². The molecule has 3 heterocycles. The van der Waals surface area contributed by atoms with E-state index in [1.807, 2.05) is 13.2 Å². The highest BCUT2D eigenvalue weighted by Crippen LogP contribution is 2.28. The van der Waals surface area contributed by atoms with E-state index in [0.29, 0.717) is 12.4 Å². The van der Waals surface area contributed by atoms with Gasteiger partial charge in [-0.1, -0.05) is 0 Å². The standard InChI is InChI=1S/C14H16FN5O.2ClH/c1-20-8-9(4-18-20)11-6-16-7-12(11)14(21)19-13-3-2-10(15)5-17-13;;/h2-5,8,11-12,16H,6-7H2,1H3,(H,17,19,21);2*1H/t11-,12+;;/m1../s1. The lowest BCUT2D eigenvalue weighted by Crippen LogP contribution is -2.28. The highest BCUT2D eigenvalue weighted by atomic mass is 35.5. The summed E-state index contributed by atoms with van der Waals surface area (Å²) in [6.45, 7) is 1.34. The minimum Gasteiger partial charge on any atom is -0.315 e. The molecule has 2 aromatic heterocycles. The fourth-order valence-electron chi connectivity index (χ4n) is 2.60. The molecule has 9 heteroatoms. The zero-order valence-corrected chi connectivity index (χ0v) is 14.0. The normalized spacial score (nSPS) is 19.6. The summed E-state index contributed by atoms with van der Waals surface area (Å²) in [6.07, 6.45) is 4.79. The molecule has 1 fully saturated rings. The van der Waals surface area contributed by atoms with Crippen LogP contribution in [0.1, 0.15) is 11.5 Å². The molecule has 3 rings (SSSR count). The van der Waals surface area contributed by atoms with Crippen molar-refractivity contribution < 1.29 is 9.18 Å². The highest BCUT2D eigenvalue weighted by molar-refractivity contribution is 5.92. The van der Waals surface area contributed by atoms with Gasteiger partial charge in [0, 0.05) is 32.3 Å². The maximum atomic E-state index is 12.8. The summed E-state index contributed by atoms with van der Waals surface area (Å²) >= 11 is 0. The van der Waals surface area contributed by atoms with Gasteiger partial charge in [0.2, 0.25) is 5.91 Å². The summed E-state index contributed by atoms with van der Waals surface area (Å²) in [5.74, 6) is -0.296. The van der Waals surface area contributed by atoms with Crippen LogP contribution < -0.4 is 10.6 Å². The third-order valence-corrected chi connectivity index (χ3v) is 3.68. The monoisotopic (exact) mass is 361 g/mol. The summed E-state index contributed by atoms with van der Waals surface area (Å²) < 4.78 is 14.5. The molecule has 0 bridgehead atoms. The van der Waals surface area contributed by atoms with Crippen molar-refractivity contribution >= 4 is 36.5 Å². The topological polar surface area (TPSA) is 71.8 Å². The van der Waals surface area contributed by atoms with Crippen molar-refractivity contribution in [2.75, 3.05) is 18.4 Å². The molecule has 2 N–H and O–H groups in total. The van der Waals surface area contributed by atoms with E-state index in [9.17, 15) is 9.18 Å². The molecule has 2 aromatic rings. The SMILES string of the molecule is Cl.Cl.Cn1cc([C@H]2CNC[C@@H]2C(=O)Nc2ccc(F)cn2)cn1. The Morgan fingerprint density at radius 1 is 1.35 bits per heavy atom. The number of carbonyl (C=O) groups excluding carboxylic acids is 1. The van der Waals surface area contributed by atoms with E-state index in [-0.39, 0.29) is 42.6 Å². The summed E-state index contributed by atoms with van der Waals surface area (Å²) in [5, 5.41) is 10.1. The molecule has 0 aromatic carbocycles.